The molecule has 2 atom stereocenters. The van der Waals surface area contributed by atoms with Crippen molar-refractivity contribution in [3.8, 4) is 0 Å². The van der Waals surface area contributed by atoms with Crippen molar-refractivity contribution in [1.82, 2.24) is 9.80 Å². The van der Waals surface area contributed by atoms with E-state index in [1.54, 1.807) is 19.0 Å². The molecule has 1 amide bonds. The lowest BCUT2D eigenvalue weighted by Gasteiger charge is -2.35. The smallest absolute Gasteiger partial charge is 0.251 e. The second kappa shape index (κ2) is 5.07. The number of amides is 1. The Labute approximate surface area is 132 Å². The predicted molar refractivity (Wildman–Crippen MR) is 84.3 cm³/mol. The molecule has 4 nitrogen and oxygen atoms in total. The van der Waals surface area contributed by atoms with E-state index >= 15 is 0 Å². The number of hydrogen-bond donors (Lipinski definition) is 0. The van der Waals surface area contributed by atoms with E-state index in [0.717, 1.165) is 25.4 Å². The van der Waals surface area contributed by atoms with Crippen molar-refractivity contribution >= 4 is 5.91 Å². The molecule has 0 bridgehead atoms. The molecule has 1 aromatic carbocycles. The summed E-state index contributed by atoms with van der Waals surface area (Å²) in [7, 11) is 3.61. The van der Waals surface area contributed by atoms with Gasteiger partial charge in [0.15, 0.2) is 0 Å². The molecule has 0 unspecified atom stereocenters. The number of carbonyl (C=O) groups excluding carboxylic acids is 1. The van der Waals surface area contributed by atoms with Gasteiger partial charge in [-0.2, -0.15) is 0 Å². The molecule has 1 aliphatic carbocycles. The van der Waals surface area contributed by atoms with E-state index in [2.05, 4.69) is 29.2 Å². The number of benzene rings is 1. The maximum Gasteiger partial charge on any atom is 0.251 e. The molecule has 1 saturated carbocycles. The Morgan fingerprint density at radius 3 is 2.86 bits per heavy atom. The number of rotatable bonds is 3. The van der Waals surface area contributed by atoms with Crippen molar-refractivity contribution in [2.75, 3.05) is 27.2 Å². The monoisotopic (exact) mass is 300 g/mol. The molecule has 2 fully saturated rings. The summed E-state index contributed by atoms with van der Waals surface area (Å²) in [5, 5.41) is 0. The Morgan fingerprint density at radius 2 is 2.14 bits per heavy atom. The van der Waals surface area contributed by atoms with E-state index in [0.29, 0.717) is 6.61 Å². The Balaban J connectivity index is 1.65. The molecular formula is C18H24N2O2. The van der Waals surface area contributed by atoms with Crippen LogP contribution in [0.5, 0.6) is 0 Å². The first kappa shape index (κ1) is 14.2. The zero-order valence-electron chi connectivity index (χ0n) is 13.4. The summed E-state index contributed by atoms with van der Waals surface area (Å²) in [6.45, 7) is 2.78. The summed E-state index contributed by atoms with van der Waals surface area (Å²) in [4.78, 5) is 16.6. The summed E-state index contributed by atoms with van der Waals surface area (Å²) >= 11 is 0. The van der Waals surface area contributed by atoms with Crippen LogP contribution >= 0.6 is 0 Å². The molecule has 4 heteroatoms. The molecule has 2 heterocycles. The van der Waals surface area contributed by atoms with Crippen LogP contribution in [0, 0.1) is 5.92 Å². The minimum atomic E-state index is -0.303. The van der Waals surface area contributed by atoms with Crippen molar-refractivity contribution in [1.29, 1.82) is 0 Å². The first-order chi connectivity index (χ1) is 10.6. The van der Waals surface area contributed by atoms with Gasteiger partial charge in [0.25, 0.3) is 5.91 Å². The summed E-state index contributed by atoms with van der Waals surface area (Å²) in [5.74, 6) is 0.933. The molecule has 0 aromatic heterocycles. The van der Waals surface area contributed by atoms with Gasteiger partial charge in [-0.15, -0.1) is 0 Å². The fourth-order valence-electron chi connectivity index (χ4n) is 4.01. The van der Waals surface area contributed by atoms with Crippen molar-refractivity contribution < 1.29 is 9.53 Å². The third kappa shape index (κ3) is 2.17. The van der Waals surface area contributed by atoms with Gasteiger partial charge < -0.3 is 9.64 Å². The minimum Gasteiger partial charge on any atom is -0.366 e. The summed E-state index contributed by atoms with van der Waals surface area (Å²) in [6.07, 6.45) is 3.18. The van der Waals surface area contributed by atoms with Gasteiger partial charge in [0.1, 0.15) is 6.10 Å². The van der Waals surface area contributed by atoms with E-state index in [4.69, 9.17) is 4.74 Å². The first-order valence-electron chi connectivity index (χ1n) is 8.26. The molecule has 2 aliphatic heterocycles. The molecule has 0 radical (unpaired) electrons. The van der Waals surface area contributed by atoms with Gasteiger partial charge in [0.05, 0.1) is 12.1 Å². The summed E-state index contributed by atoms with van der Waals surface area (Å²) in [5.41, 5.74) is 2.70. The highest BCUT2D eigenvalue weighted by Crippen LogP contribution is 2.48. The van der Waals surface area contributed by atoms with E-state index in [1.165, 1.54) is 24.0 Å². The van der Waals surface area contributed by atoms with Crippen molar-refractivity contribution in [3.63, 3.8) is 0 Å². The third-order valence-corrected chi connectivity index (χ3v) is 5.42. The fraction of sp³-hybridized carbons (Fsp3) is 0.611. The van der Waals surface area contributed by atoms with Gasteiger partial charge in [0.2, 0.25) is 0 Å². The fourth-order valence-corrected chi connectivity index (χ4v) is 4.01. The Bertz CT molecular complexity index is 597. The predicted octanol–water partition coefficient (Wildman–Crippen LogP) is 1.98. The zero-order chi connectivity index (χ0) is 15.3. The Hall–Kier alpha value is -1.39. The number of hydrogen-bond acceptors (Lipinski definition) is 3. The number of nitrogens with zero attached hydrogens (tertiary/aromatic N) is 2. The zero-order valence-corrected chi connectivity index (χ0v) is 13.4. The number of fused-ring (bicyclic) bond motifs is 2. The Morgan fingerprint density at radius 1 is 1.36 bits per heavy atom. The van der Waals surface area contributed by atoms with Crippen LogP contribution in [0.1, 0.15) is 30.4 Å². The van der Waals surface area contributed by atoms with Crippen LogP contribution < -0.4 is 0 Å². The molecule has 0 N–H and O–H groups in total. The van der Waals surface area contributed by atoms with Crippen LogP contribution in [-0.4, -0.2) is 49.1 Å². The van der Waals surface area contributed by atoms with Gasteiger partial charge in [-0.3, -0.25) is 9.69 Å². The lowest BCUT2D eigenvalue weighted by atomic mass is 9.86. The molecule has 1 spiro atoms. The van der Waals surface area contributed by atoms with E-state index in [-0.39, 0.29) is 17.6 Å². The van der Waals surface area contributed by atoms with Crippen LogP contribution in [0.15, 0.2) is 24.3 Å². The number of carbonyl (C=O) groups is 1. The van der Waals surface area contributed by atoms with Crippen LogP contribution in [0.3, 0.4) is 0 Å². The highest BCUT2D eigenvalue weighted by molar-refractivity contribution is 5.81. The lowest BCUT2D eigenvalue weighted by molar-refractivity contribution is -0.138. The number of ether oxygens (including phenoxy) is 1. The van der Waals surface area contributed by atoms with Crippen molar-refractivity contribution in [3.05, 3.63) is 35.4 Å². The quantitative estimate of drug-likeness (QED) is 0.856. The van der Waals surface area contributed by atoms with Gasteiger partial charge in [-0.05, 0) is 29.9 Å². The first-order valence-corrected chi connectivity index (χ1v) is 8.26. The molecule has 1 aromatic rings. The summed E-state index contributed by atoms with van der Waals surface area (Å²) < 4.78 is 5.97. The molecular weight excluding hydrogens is 276 g/mol. The molecule has 1 saturated heterocycles. The average Bonchev–Trinajstić information content (AvgIpc) is 3.14. The lowest BCUT2D eigenvalue weighted by Crippen LogP contribution is -2.43. The topological polar surface area (TPSA) is 32.8 Å². The third-order valence-electron chi connectivity index (χ3n) is 5.42. The second-order valence-corrected chi connectivity index (χ2v) is 7.25. The second-order valence-electron chi connectivity index (χ2n) is 7.25. The minimum absolute atomic E-state index is 0.0878. The number of likely N-dealkylation sites (N-methyl/N-ethyl adjacent to an activating group) is 1. The molecule has 3 aliphatic rings. The maximum atomic E-state index is 12.3. The van der Waals surface area contributed by atoms with E-state index < -0.39 is 0 Å². The van der Waals surface area contributed by atoms with Crippen LogP contribution in [0.4, 0.5) is 0 Å². The highest BCUT2D eigenvalue weighted by atomic mass is 16.5. The van der Waals surface area contributed by atoms with Crippen LogP contribution in [0.2, 0.25) is 0 Å². The van der Waals surface area contributed by atoms with E-state index in [9.17, 15) is 4.79 Å². The van der Waals surface area contributed by atoms with Crippen molar-refractivity contribution in [2.24, 2.45) is 5.92 Å². The SMILES string of the molecule is CN(C)C(=O)[C@@H]1C[C@@]2(CO1)c1ccccc1CN2CC1CC1. The Kier molecular flexibility index (Phi) is 3.27. The van der Waals surface area contributed by atoms with Crippen molar-refractivity contribution in [2.45, 2.75) is 37.5 Å². The molecule has 118 valence electrons. The average molecular weight is 300 g/mol. The molecule has 22 heavy (non-hydrogen) atoms. The van der Waals surface area contributed by atoms with Gasteiger partial charge >= 0.3 is 0 Å². The normalized spacial score (nSPS) is 30.7. The van der Waals surface area contributed by atoms with Gasteiger partial charge in [-0.1, -0.05) is 24.3 Å². The van der Waals surface area contributed by atoms with Crippen LogP contribution in [0.25, 0.3) is 0 Å². The van der Waals surface area contributed by atoms with Crippen LogP contribution in [-0.2, 0) is 21.6 Å². The largest absolute Gasteiger partial charge is 0.366 e. The standard InChI is InChI=1S/C18H24N2O2/c1-19(2)17(21)16-9-18(12-22-16)15-6-4-3-5-14(15)11-20(18)10-13-7-8-13/h3-6,13,16H,7-12H2,1-2H3/t16-,18+/m0/s1. The maximum absolute atomic E-state index is 12.3. The summed E-state index contributed by atoms with van der Waals surface area (Å²) in [6, 6.07) is 8.69. The van der Waals surface area contributed by atoms with E-state index in [1.807, 2.05) is 0 Å². The highest BCUT2D eigenvalue weighted by Gasteiger charge is 2.53. The van der Waals surface area contributed by atoms with Gasteiger partial charge in [0, 0.05) is 33.6 Å². The van der Waals surface area contributed by atoms with Gasteiger partial charge in [-0.25, -0.2) is 0 Å². The molecule has 4 rings (SSSR count).